The molecular formula is C15H14ClN5O3. The van der Waals surface area contributed by atoms with Gasteiger partial charge in [-0.05, 0) is 12.1 Å². The van der Waals surface area contributed by atoms with E-state index in [9.17, 15) is 9.59 Å². The molecule has 1 N–H and O–H groups in total. The summed E-state index contributed by atoms with van der Waals surface area (Å²) in [5, 5.41) is 9.38. The van der Waals surface area contributed by atoms with Crippen LogP contribution in [0.1, 0.15) is 21.0 Å². The number of hydrogen-bond acceptors (Lipinski definition) is 6. The maximum atomic E-state index is 12.4. The van der Waals surface area contributed by atoms with E-state index in [0.717, 1.165) is 6.20 Å². The standard InChI is InChI=1S/C15H14ClN5O3/c16-10-2-1-3-17-13(10)20-4-6-21(7-5-20)14(22)11-8-19-12(9-18-11)15(23)24/h1-3,8-9H,4-7H2,(H,23,24). The van der Waals surface area contributed by atoms with Crippen molar-refractivity contribution in [2.75, 3.05) is 31.1 Å². The van der Waals surface area contributed by atoms with E-state index < -0.39 is 5.97 Å². The molecule has 0 atom stereocenters. The molecule has 0 aliphatic carbocycles. The van der Waals surface area contributed by atoms with Crippen molar-refractivity contribution in [3.8, 4) is 0 Å². The molecule has 1 aliphatic heterocycles. The van der Waals surface area contributed by atoms with Gasteiger partial charge in [-0.3, -0.25) is 4.79 Å². The van der Waals surface area contributed by atoms with Gasteiger partial charge in [0.25, 0.3) is 5.91 Å². The van der Waals surface area contributed by atoms with Gasteiger partial charge in [0.15, 0.2) is 5.69 Å². The van der Waals surface area contributed by atoms with E-state index in [2.05, 4.69) is 15.0 Å². The number of hydrogen-bond donors (Lipinski definition) is 1. The topological polar surface area (TPSA) is 99.5 Å². The third-order valence-electron chi connectivity index (χ3n) is 3.70. The van der Waals surface area contributed by atoms with Gasteiger partial charge in [-0.1, -0.05) is 11.6 Å². The van der Waals surface area contributed by atoms with Crippen molar-refractivity contribution < 1.29 is 14.7 Å². The summed E-state index contributed by atoms with van der Waals surface area (Å²) < 4.78 is 0. The molecule has 0 radical (unpaired) electrons. The van der Waals surface area contributed by atoms with Gasteiger partial charge >= 0.3 is 5.97 Å². The van der Waals surface area contributed by atoms with Gasteiger partial charge in [0.2, 0.25) is 0 Å². The number of halogens is 1. The quantitative estimate of drug-likeness (QED) is 0.890. The zero-order valence-electron chi connectivity index (χ0n) is 12.6. The molecule has 2 aromatic heterocycles. The molecule has 2 aromatic rings. The van der Waals surface area contributed by atoms with Crippen molar-refractivity contribution in [3.63, 3.8) is 0 Å². The van der Waals surface area contributed by atoms with Crippen LogP contribution in [-0.2, 0) is 0 Å². The molecule has 1 aliphatic rings. The first-order valence-electron chi connectivity index (χ1n) is 7.26. The van der Waals surface area contributed by atoms with Crippen molar-refractivity contribution in [2.24, 2.45) is 0 Å². The van der Waals surface area contributed by atoms with Crippen LogP contribution in [0.25, 0.3) is 0 Å². The van der Waals surface area contributed by atoms with Crippen LogP contribution in [0.5, 0.6) is 0 Å². The average molecular weight is 348 g/mol. The van der Waals surface area contributed by atoms with Crippen LogP contribution in [0.15, 0.2) is 30.7 Å². The van der Waals surface area contributed by atoms with E-state index in [-0.39, 0.29) is 17.3 Å². The zero-order valence-corrected chi connectivity index (χ0v) is 13.3. The number of rotatable bonds is 3. The Morgan fingerprint density at radius 1 is 1.04 bits per heavy atom. The minimum absolute atomic E-state index is 0.129. The molecule has 124 valence electrons. The van der Waals surface area contributed by atoms with Gasteiger partial charge in [0.05, 0.1) is 17.4 Å². The fourth-order valence-corrected chi connectivity index (χ4v) is 2.68. The summed E-state index contributed by atoms with van der Waals surface area (Å²) in [6, 6.07) is 3.55. The molecule has 8 nitrogen and oxygen atoms in total. The summed E-state index contributed by atoms with van der Waals surface area (Å²) in [4.78, 5) is 38.7. The highest BCUT2D eigenvalue weighted by Gasteiger charge is 2.25. The third kappa shape index (κ3) is 3.28. The summed E-state index contributed by atoms with van der Waals surface area (Å²) >= 11 is 6.14. The molecule has 1 fully saturated rings. The summed E-state index contributed by atoms with van der Waals surface area (Å²) in [6.07, 6.45) is 3.95. The summed E-state index contributed by atoms with van der Waals surface area (Å²) in [5.74, 6) is -0.745. The SMILES string of the molecule is O=C(O)c1cnc(C(=O)N2CCN(c3ncccc3Cl)CC2)cn1. The fraction of sp³-hybridized carbons (Fsp3) is 0.267. The highest BCUT2D eigenvalue weighted by atomic mass is 35.5. The fourth-order valence-electron chi connectivity index (χ4n) is 2.44. The van der Waals surface area contributed by atoms with Crippen LogP contribution in [0.4, 0.5) is 5.82 Å². The lowest BCUT2D eigenvalue weighted by Gasteiger charge is -2.35. The van der Waals surface area contributed by atoms with E-state index in [0.29, 0.717) is 37.0 Å². The lowest BCUT2D eigenvalue weighted by atomic mass is 10.2. The Morgan fingerprint density at radius 3 is 2.29 bits per heavy atom. The number of amides is 1. The maximum absolute atomic E-state index is 12.4. The van der Waals surface area contributed by atoms with E-state index in [1.807, 2.05) is 4.90 Å². The van der Waals surface area contributed by atoms with Gasteiger partial charge < -0.3 is 14.9 Å². The smallest absolute Gasteiger partial charge is 0.356 e. The van der Waals surface area contributed by atoms with Gasteiger partial charge in [-0.15, -0.1) is 0 Å². The van der Waals surface area contributed by atoms with Crippen LogP contribution in [0.3, 0.4) is 0 Å². The van der Waals surface area contributed by atoms with E-state index in [4.69, 9.17) is 16.7 Å². The minimum Gasteiger partial charge on any atom is -0.476 e. The monoisotopic (exact) mass is 347 g/mol. The van der Waals surface area contributed by atoms with Gasteiger partial charge in [0.1, 0.15) is 11.5 Å². The van der Waals surface area contributed by atoms with Crippen molar-refractivity contribution in [2.45, 2.75) is 0 Å². The molecular weight excluding hydrogens is 334 g/mol. The number of carbonyl (C=O) groups is 2. The van der Waals surface area contributed by atoms with Crippen LogP contribution < -0.4 is 4.90 Å². The molecule has 1 amide bonds. The molecule has 0 saturated carbocycles. The summed E-state index contributed by atoms with van der Waals surface area (Å²) in [7, 11) is 0. The van der Waals surface area contributed by atoms with Crippen molar-refractivity contribution in [1.82, 2.24) is 19.9 Å². The predicted octanol–water partition coefficient (Wildman–Crippen LogP) is 1.19. The first-order chi connectivity index (χ1) is 11.6. The summed E-state index contributed by atoms with van der Waals surface area (Å²) in [5.41, 5.74) is -0.0644. The number of anilines is 1. The summed E-state index contributed by atoms with van der Waals surface area (Å²) in [6.45, 7) is 2.19. The van der Waals surface area contributed by atoms with Crippen LogP contribution in [-0.4, -0.2) is 63.0 Å². The normalized spacial score (nSPS) is 14.5. The number of aromatic nitrogens is 3. The zero-order chi connectivity index (χ0) is 17.1. The van der Waals surface area contributed by atoms with Gasteiger partial charge in [0, 0.05) is 32.4 Å². The molecule has 24 heavy (non-hydrogen) atoms. The van der Waals surface area contributed by atoms with E-state index in [1.165, 1.54) is 6.20 Å². The average Bonchev–Trinajstić information content (AvgIpc) is 2.62. The van der Waals surface area contributed by atoms with E-state index in [1.54, 1.807) is 23.2 Å². The Kier molecular flexibility index (Phi) is 4.57. The highest BCUT2D eigenvalue weighted by molar-refractivity contribution is 6.32. The Bertz CT molecular complexity index is 760. The highest BCUT2D eigenvalue weighted by Crippen LogP contribution is 2.23. The van der Waals surface area contributed by atoms with Crippen molar-refractivity contribution in [1.29, 1.82) is 0 Å². The Labute approximate surface area is 142 Å². The molecule has 0 aromatic carbocycles. The minimum atomic E-state index is -1.18. The van der Waals surface area contributed by atoms with Crippen molar-refractivity contribution >= 4 is 29.3 Å². The molecule has 1 saturated heterocycles. The Balaban J connectivity index is 1.65. The third-order valence-corrected chi connectivity index (χ3v) is 3.99. The largest absolute Gasteiger partial charge is 0.476 e. The Hall–Kier alpha value is -2.74. The molecule has 0 bridgehead atoms. The number of piperazine rings is 1. The second-order valence-corrected chi connectivity index (χ2v) is 5.59. The molecule has 0 spiro atoms. The van der Waals surface area contributed by atoms with Crippen molar-refractivity contribution in [3.05, 3.63) is 47.1 Å². The van der Waals surface area contributed by atoms with Crippen LogP contribution in [0.2, 0.25) is 5.02 Å². The predicted molar refractivity (Wildman–Crippen MR) is 86.4 cm³/mol. The first kappa shape index (κ1) is 16.1. The lowest BCUT2D eigenvalue weighted by molar-refractivity contribution is 0.0684. The van der Waals surface area contributed by atoms with E-state index >= 15 is 0 Å². The first-order valence-corrected chi connectivity index (χ1v) is 7.64. The molecule has 9 heteroatoms. The van der Waals surface area contributed by atoms with Gasteiger partial charge in [-0.2, -0.15) is 0 Å². The second kappa shape index (κ2) is 6.79. The number of carboxylic acid groups (broad SMARTS) is 1. The lowest BCUT2D eigenvalue weighted by Crippen LogP contribution is -2.49. The second-order valence-electron chi connectivity index (χ2n) is 5.18. The number of aromatic carboxylic acids is 1. The Morgan fingerprint density at radius 2 is 1.71 bits per heavy atom. The molecule has 3 rings (SSSR count). The van der Waals surface area contributed by atoms with Crippen LogP contribution in [0, 0.1) is 0 Å². The number of nitrogens with zero attached hydrogens (tertiary/aromatic N) is 5. The number of pyridine rings is 1. The van der Waals surface area contributed by atoms with Gasteiger partial charge in [-0.25, -0.2) is 19.7 Å². The molecule has 3 heterocycles. The number of carbonyl (C=O) groups excluding carboxylic acids is 1. The molecule has 0 unspecified atom stereocenters. The van der Waals surface area contributed by atoms with Crippen LogP contribution >= 0.6 is 11.6 Å². The number of carboxylic acids is 1. The maximum Gasteiger partial charge on any atom is 0.356 e.